The second-order valence-corrected chi connectivity index (χ2v) is 3.75. The van der Waals surface area contributed by atoms with E-state index in [-0.39, 0.29) is 130 Å². The van der Waals surface area contributed by atoms with Crippen LogP contribution in [0.5, 0.6) is 0 Å². The van der Waals surface area contributed by atoms with E-state index in [1.54, 1.807) is 0 Å². The molecule has 0 heterocycles. The van der Waals surface area contributed by atoms with E-state index in [0.717, 1.165) is 0 Å². The van der Waals surface area contributed by atoms with Crippen molar-refractivity contribution < 1.29 is 154 Å². The third-order valence-corrected chi connectivity index (χ3v) is 0. The first kappa shape index (κ1) is 56.3. The molecular formula is Ce2Mg2O15Si5. The Labute approximate surface area is 241 Å². The van der Waals surface area contributed by atoms with Crippen LogP contribution >= 0.6 is 0 Å². The van der Waals surface area contributed by atoms with Crippen molar-refractivity contribution in [2.75, 3.05) is 0 Å². The van der Waals surface area contributed by atoms with Crippen LogP contribution in [0.1, 0.15) is 0 Å². The molecule has 0 bridgehead atoms. The van der Waals surface area contributed by atoms with Gasteiger partial charge in [0.2, 0.25) is 0 Å². The average Bonchev–Trinajstić information content (AvgIpc) is 1.94. The Morgan fingerprint density at radius 1 is 0.333 bits per heavy atom. The summed E-state index contributed by atoms with van der Waals surface area (Å²) in [5, 5.41) is 0. The topological polar surface area (TPSA) is 316 Å². The van der Waals surface area contributed by atoms with Crippen molar-refractivity contribution in [2.24, 2.45) is 0 Å². The van der Waals surface area contributed by atoms with E-state index in [1.807, 2.05) is 0 Å². The number of hydrogen-bond acceptors (Lipinski definition) is 15. The van der Waals surface area contributed by atoms with E-state index in [1.165, 1.54) is 0 Å². The molecule has 0 atom stereocenters. The predicted molar refractivity (Wildman–Crippen MR) is 43.7 cm³/mol. The zero-order valence-electron chi connectivity index (χ0n) is 11.0. The minimum absolute atomic E-state index is 0. The summed E-state index contributed by atoms with van der Waals surface area (Å²) in [5.74, 6) is 0. The zero-order valence-corrected chi connectivity index (χ0v) is 25.1. The molecule has 0 aliphatic carbocycles. The molecular weight excluding hydrogens is 709 g/mol. The molecule has 2 radical (unpaired) electrons. The van der Waals surface area contributed by atoms with Gasteiger partial charge in [-0.3, -0.25) is 0 Å². The first-order valence-corrected chi connectivity index (χ1v) is 9.19. The van der Waals surface area contributed by atoms with Gasteiger partial charge in [0.15, 0.2) is 0 Å². The van der Waals surface area contributed by atoms with Gasteiger partial charge in [0.25, 0.3) is 0 Å². The molecule has 0 unspecified atom stereocenters. The molecule has 0 aromatic rings. The molecule has 0 saturated carbocycles. The summed E-state index contributed by atoms with van der Waals surface area (Å²) in [6.07, 6.45) is 0. The Morgan fingerprint density at radius 2 is 0.333 bits per heavy atom. The summed E-state index contributed by atoms with van der Waals surface area (Å²) in [4.78, 5) is 85.2. The first-order valence-electron chi connectivity index (χ1n) is 3.06. The molecule has 0 N–H and O–H groups in total. The quantitative estimate of drug-likeness (QED) is 0.211. The van der Waals surface area contributed by atoms with Crippen molar-refractivity contribution in [3.63, 3.8) is 0 Å². The van der Waals surface area contributed by atoms with Crippen molar-refractivity contribution in [3.05, 3.63) is 0 Å². The largest absolute Gasteiger partial charge is 3.00 e. The Hall–Kier alpha value is 2.37. The van der Waals surface area contributed by atoms with Crippen molar-refractivity contribution >= 4 is 92.0 Å². The van der Waals surface area contributed by atoms with E-state index in [0.29, 0.717) is 0 Å². The molecule has 0 spiro atoms. The normalized spacial score (nSPS) is 5.00. The van der Waals surface area contributed by atoms with Gasteiger partial charge in [0, 0.05) is 45.9 Å². The zero-order chi connectivity index (χ0) is 17.9. The number of rotatable bonds is 0. The van der Waals surface area contributed by atoms with Gasteiger partial charge < -0.3 is 70.3 Å². The van der Waals surface area contributed by atoms with Crippen LogP contribution in [0.3, 0.4) is 0 Å². The van der Waals surface area contributed by atoms with Gasteiger partial charge in [-0.05, 0) is 0 Å². The Balaban J connectivity index is -0.0000000161. The average molecular weight is 709 g/mol. The van der Waals surface area contributed by atoms with E-state index in [4.69, 9.17) is 70.3 Å². The molecule has 0 saturated heterocycles. The maximum atomic E-state index is 8.52. The summed E-state index contributed by atoms with van der Waals surface area (Å²) in [6, 6.07) is 0. The third-order valence-electron chi connectivity index (χ3n) is 0. The summed E-state index contributed by atoms with van der Waals surface area (Å²) < 4.78 is 42.6. The van der Waals surface area contributed by atoms with Gasteiger partial charge in [-0.25, -0.2) is 0 Å². The van der Waals surface area contributed by atoms with Crippen LogP contribution in [0.25, 0.3) is 0 Å². The molecule has 15 nitrogen and oxygen atoms in total. The van der Waals surface area contributed by atoms with Crippen molar-refractivity contribution in [3.8, 4) is 0 Å². The minimum Gasteiger partial charge on any atom is -0.672 e. The minimum atomic E-state index is -3.63. The molecule has 0 aliphatic heterocycles. The van der Waals surface area contributed by atoms with Gasteiger partial charge in [-0.2, -0.15) is 0 Å². The monoisotopic (exact) mass is 708 g/mol. The van der Waals surface area contributed by atoms with Gasteiger partial charge in [0.05, 0.1) is 0 Å². The molecule has 0 aromatic heterocycles. The standard InChI is InChI=1S/2Ce.2Mg.5O3Si/c;;;;5*1-4(2)3/q2*+3;2*+2;5*-2. The van der Waals surface area contributed by atoms with E-state index in [2.05, 4.69) is 0 Å². The maximum absolute atomic E-state index is 8.52. The molecule has 0 fully saturated rings. The van der Waals surface area contributed by atoms with Crippen molar-refractivity contribution in [1.29, 1.82) is 0 Å². The van der Waals surface area contributed by atoms with Crippen molar-refractivity contribution in [1.82, 2.24) is 0 Å². The fraction of sp³-hybridized carbons (Fsp3) is 0. The Morgan fingerprint density at radius 3 is 0.333 bits per heavy atom. The van der Waals surface area contributed by atoms with E-state index < -0.39 is 45.9 Å². The van der Waals surface area contributed by atoms with Gasteiger partial charge in [-0.1, -0.05) is 0 Å². The third kappa shape index (κ3) is 2370. The smallest absolute Gasteiger partial charge is 0.672 e. The van der Waals surface area contributed by atoms with Gasteiger partial charge in [-0.15, -0.1) is 0 Å². The second-order valence-electron chi connectivity index (χ2n) is 1.25. The maximum Gasteiger partial charge on any atom is 3.00 e. The van der Waals surface area contributed by atoms with Crippen LogP contribution in [0.4, 0.5) is 0 Å². The van der Waals surface area contributed by atoms with Crippen LogP contribution in [0, 0.1) is 83.5 Å². The van der Waals surface area contributed by atoms with E-state index in [9.17, 15) is 0 Å². The Bertz CT molecular complexity index is 221. The molecule has 122 valence electrons. The van der Waals surface area contributed by atoms with Crippen LogP contribution < -0.4 is 48.0 Å². The fourth-order valence-corrected chi connectivity index (χ4v) is 0. The fourth-order valence-electron chi connectivity index (χ4n) is 0. The van der Waals surface area contributed by atoms with Gasteiger partial charge >= 0.3 is 130 Å². The summed E-state index contributed by atoms with van der Waals surface area (Å²) >= 11 is 0. The molecule has 0 rings (SSSR count). The molecule has 0 aliphatic rings. The molecule has 24 heteroatoms. The molecule has 24 heavy (non-hydrogen) atoms. The van der Waals surface area contributed by atoms with Crippen molar-refractivity contribution in [2.45, 2.75) is 0 Å². The number of hydrogen-bond donors (Lipinski definition) is 0. The summed E-state index contributed by atoms with van der Waals surface area (Å²) in [5.41, 5.74) is 0. The van der Waals surface area contributed by atoms with Crippen LogP contribution in [-0.4, -0.2) is 92.0 Å². The van der Waals surface area contributed by atoms with Crippen LogP contribution in [0.15, 0.2) is 0 Å². The first-order chi connectivity index (χ1) is 8.66. The van der Waals surface area contributed by atoms with E-state index >= 15 is 0 Å². The van der Waals surface area contributed by atoms with Crippen LogP contribution in [0.2, 0.25) is 0 Å². The predicted octanol–water partition coefficient (Wildman–Crippen LogP) is -15.1. The van der Waals surface area contributed by atoms with Crippen LogP contribution in [-0.2, 0) is 22.3 Å². The SMILES string of the molecule is O=[Si]([O-])[O-].O=[Si]([O-])[O-].O=[Si]([O-])[O-].O=[Si]([O-])[O-].O=[Si]([O-])[O-].[Ce+3].[Ce+3].[Mg+2].[Mg+2]. The molecule has 0 amide bonds. The molecule has 0 aromatic carbocycles. The summed E-state index contributed by atoms with van der Waals surface area (Å²) in [6.45, 7) is 0. The summed E-state index contributed by atoms with van der Waals surface area (Å²) in [7, 11) is -18.1. The Kier molecular flexibility index (Phi) is 117. The van der Waals surface area contributed by atoms with Gasteiger partial charge in [0.1, 0.15) is 0 Å². The second kappa shape index (κ2) is 49.9.